The molecule has 0 spiro atoms. The molecule has 2 heterocycles. The Bertz CT molecular complexity index is 895. The Hall–Kier alpha value is -3.22. The highest BCUT2D eigenvalue weighted by Crippen LogP contribution is 2.22. The maximum Gasteiger partial charge on any atom is 0.272 e. The van der Waals surface area contributed by atoms with Crippen molar-refractivity contribution in [1.82, 2.24) is 14.8 Å². The summed E-state index contributed by atoms with van der Waals surface area (Å²) >= 11 is 0. The van der Waals surface area contributed by atoms with E-state index < -0.39 is 0 Å². The number of anilines is 1. The van der Waals surface area contributed by atoms with E-state index >= 15 is 0 Å². The van der Waals surface area contributed by atoms with Gasteiger partial charge in [0, 0.05) is 43.6 Å². The van der Waals surface area contributed by atoms with Crippen molar-refractivity contribution >= 4 is 23.9 Å². The van der Waals surface area contributed by atoms with Gasteiger partial charge in [0.1, 0.15) is 5.69 Å². The van der Waals surface area contributed by atoms with E-state index in [0.29, 0.717) is 31.7 Å². The number of hydrogen-bond donors (Lipinski definition) is 1. The molecule has 1 aromatic heterocycles. The summed E-state index contributed by atoms with van der Waals surface area (Å²) in [6.45, 7) is 7.84. The Morgan fingerprint density at radius 1 is 1.04 bits per heavy atom. The standard InChI is InChI=1S/C21H24N4O3/c1-14-10-15(2)19(16(3)11-14)23-20(27)17-4-5-22-18(12-17)21(28)25-8-6-24(13-26)7-9-25/h4-5,10-13H,6-9H2,1-3H3,(H,23,27). The molecule has 0 radical (unpaired) electrons. The Morgan fingerprint density at radius 3 is 2.29 bits per heavy atom. The number of pyridine rings is 1. The second-order valence-electron chi connectivity index (χ2n) is 7.09. The van der Waals surface area contributed by atoms with Gasteiger partial charge in [-0.15, -0.1) is 0 Å². The van der Waals surface area contributed by atoms with Gasteiger partial charge in [-0.05, 0) is 44.0 Å². The highest BCUT2D eigenvalue weighted by Gasteiger charge is 2.23. The smallest absolute Gasteiger partial charge is 0.272 e. The summed E-state index contributed by atoms with van der Waals surface area (Å²) in [4.78, 5) is 43.7. The van der Waals surface area contributed by atoms with Gasteiger partial charge in [-0.1, -0.05) is 17.7 Å². The molecule has 1 fully saturated rings. The molecule has 2 aromatic rings. The average Bonchev–Trinajstić information content (AvgIpc) is 2.70. The number of nitrogens with zero attached hydrogens (tertiary/aromatic N) is 3. The molecule has 1 aliphatic rings. The summed E-state index contributed by atoms with van der Waals surface area (Å²) in [7, 11) is 0. The van der Waals surface area contributed by atoms with Gasteiger partial charge in [0.2, 0.25) is 6.41 Å². The molecule has 7 nitrogen and oxygen atoms in total. The Labute approximate surface area is 164 Å². The zero-order valence-corrected chi connectivity index (χ0v) is 16.4. The first-order valence-corrected chi connectivity index (χ1v) is 9.23. The van der Waals surface area contributed by atoms with E-state index in [0.717, 1.165) is 28.8 Å². The number of carbonyl (C=O) groups is 3. The van der Waals surface area contributed by atoms with Gasteiger partial charge in [-0.3, -0.25) is 19.4 Å². The van der Waals surface area contributed by atoms with Crippen LogP contribution in [-0.2, 0) is 4.79 Å². The molecule has 0 aliphatic carbocycles. The number of aryl methyl sites for hydroxylation is 3. The SMILES string of the molecule is Cc1cc(C)c(NC(=O)c2ccnc(C(=O)N3CCN(C=O)CC3)c2)c(C)c1. The molecular weight excluding hydrogens is 356 g/mol. The monoisotopic (exact) mass is 380 g/mol. The van der Waals surface area contributed by atoms with Crippen molar-refractivity contribution in [1.29, 1.82) is 0 Å². The minimum atomic E-state index is -0.280. The van der Waals surface area contributed by atoms with Crippen LogP contribution in [0.3, 0.4) is 0 Å². The lowest BCUT2D eigenvalue weighted by atomic mass is 10.0. The van der Waals surface area contributed by atoms with E-state index in [4.69, 9.17) is 0 Å². The molecule has 0 saturated carbocycles. The van der Waals surface area contributed by atoms with E-state index in [1.165, 1.54) is 12.3 Å². The largest absolute Gasteiger partial charge is 0.342 e. The van der Waals surface area contributed by atoms with Crippen LogP contribution in [0.5, 0.6) is 0 Å². The first-order valence-electron chi connectivity index (χ1n) is 9.23. The van der Waals surface area contributed by atoms with Crippen LogP contribution in [0.15, 0.2) is 30.5 Å². The molecule has 0 bridgehead atoms. The maximum atomic E-state index is 12.7. The van der Waals surface area contributed by atoms with Crippen LogP contribution >= 0.6 is 0 Å². The van der Waals surface area contributed by atoms with E-state index in [1.54, 1.807) is 15.9 Å². The topological polar surface area (TPSA) is 82.6 Å². The van der Waals surface area contributed by atoms with Gasteiger partial charge >= 0.3 is 0 Å². The van der Waals surface area contributed by atoms with Crippen LogP contribution in [0.25, 0.3) is 0 Å². The molecule has 1 N–H and O–H groups in total. The highest BCUT2D eigenvalue weighted by molar-refractivity contribution is 6.06. The van der Waals surface area contributed by atoms with Crippen molar-refractivity contribution in [2.24, 2.45) is 0 Å². The number of carbonyl (C=O) groups excluding carboxylic acids is 3. The number of amides is 3. The summed E-state index contributed by atoms with van der Waals surface area (Å²) < 4.78 is 0. The van der Waals surface area contributed by atoms with E-state index in [-0.39, 0.29) is 17.5 Å². The van der Waals surface area contributed by atoms with Gasteiger partial charge in [-0.25, -0.2) is 0 Å². The van der Waals surface area contributed by atoms with Crippen molar-refractivity contribution in [3.05, 3.63) is 58.4 Å². The minimum Gasteiger partial charge on any atom is -0.342 e. The molecule has 3 rings (SSSR count). The Morgan fingerprint density at radius 2 is 1.68 bits per heavy atom. The number of piperazine rings is 1. The third kappa shape index (κ3) is 4.19. The molecule has 1 aromatic carbocycles. The van der Waals surface area contributed by atoms with E-state index in [9.17, 15) is 14.4 Å². The van der Waals surface area contributed by atoms with Crippen LogP contribution in [0.4, 0.5) is 5.69 Å². The molecule has 1 saturated heterocycles. The van der Waals surface area contributed by atoms with Crippen molar-refractivity contribution in [3.8, 4) is 0 Å². The molecular formula is C21H24N4O3. The van der Waals surface area contributed by atoms with E-state index in [2.05, 4.69) is 10.3 Å². The summed E-state index contributed by atoms with van der Waals surface area (Å²) in [6.07, 6.45) is 2.26. The third-order valence-electron chi connectivity index (χ3n) is 4.91. The number of hydrogen-bond acceptors (Lipinski definition) is 4. The average molecular weight is 380 g/mol. The van der Waals surface area contributed by atoms with Gasteiger partial charge in [-0.2, -0.15) is 0 Å². The van der Waals surface area contributed by atoms with Crippen LogP contribution in [0.2, 0.25) is 0 Å². The lowest BCUT2D eigenvalue weighted by Gasteiger charge is -2.32. The molecule has 7 heteroatoms. The molecule has 3 amide bonds. The zero-order valence-electron chi connectivity index (χ0n) is 16.4. The normalized spacial score (nSPS) is 14.0. The second kappa shape index (κ2) is 8.21. The summed E-state index contributed by atoms with van der Waals surface area (Å²) in [5.74, 6) is -0.514. The zero-order chi connectivity index (χ0) is 20.3. The fourth-order valence-electron chi connectivity index (χ4n) is 3.44. The van der Waals surface area contributed by atoms with Crippen molar-refractivity contribution < 1.29 is 14.4 Å². The first kappa shape index (κ1) is 19.5. The maximum absolute atomic E-state index is 12.7. The number of rotatable bonds is 4. The molecule has 1 aliphatic heterocycles. The van der Waals surface area contributed by atoms with Crippen LogP contribution < -0.4 is 5.32 Å². The van der Waals surface area contributed by atoms with Gasteiger partial charge in [0.15, 0.2) is 0 Å². The fraction of sp³-hybridized carbons (Fsp3) is 0.333. The molecule has 146 valence electrons. The van der Waals surface area contributed by atoms with Gasteiger partial charge < -0.3 is 15.1 Å². The molecule has 0 unspecified atom stereocenters. The predicted molar refractivity (Wildman–Crippen MR) is 106 cm³/mol. The fourth-order valence-corrected chi connectivity index (χ4v) is 3.44. The van der Waals surface area contributed by atoms with Crippen LogP contribution in [0.1, 0.15) is 37.5 Å². The predicted octanol–water partition coefficient (Wildman–Crippen LogP) is 2.17. The van der Waals surface area contributed by atoms with Crippen LogP contribution in [-0.4, -0.2) is 59.2 Å². The van der Waals surface area contributed by atoms with Crippen LogP contribution in [0, 0.1) is 20.8 Å². The van der Waals surface area contributed by atoms with Gasteiger partial charge in [0.25, 0.3) is 11.8 Å². The molecule has 0 atom stereocenters. The van der Waals surface area contributed by atoms with Crippen molar-refractivity contribution in [2.45, 2.75) is 20.8 Å². The quantitative estimate of drug-likeness (QED) is 0.824. The minimum absolute atomic E-state index is 0.226. The first-order chi connectivity index (χ1) is 13.4. The number of benzene rings is 1. The highest BCUT2D eigenvalue weighted by atomic mass is 16.2. The summed E-state index contributed by atoms with van der Waals surface area (Å²) in [5, 5.41) is 2.94. The lowest BCUT2D eigenvalue weighted by molar-refractivity contribution is -0.119. The molecule has 28 heavy (non-hydrogen) atoms. The lowest BCUT2D eigenvalue weighted by Crippen LogP contribution is -2.48. The van der Waals surface area contributed by atoms with E-state index in [1.807, 2.05) is 32.9 Å². The number of nitrogens with one attached hydrogen (secondary N) is 1. The second-order valence-corrected chi connectivity index (χ2v) is 7.09. The van der Waals surface area contributed by atoms with Crippen molar-refractivity contribution in [3.63, 3.8) is 0 Å². The Balaban J connectivity index is 1.75. The summed E-state index contributed by atoms with van der Waals surface area (Å²) in [6, 6.07) is 7.14. The summed E-state index contributed by atoms with van der Waals surface area (Å²) in [5.41, 5.74) is 4.51. The van der Waals surface area contributed by atoms with Crippen molar-refractivity contribution in [2.75, 3.05) is 31.5 Å². The Kier molecular flexibility index (Phi) is 5.73. The number of aromatic nitrogens is 1. The van der Waals surface area contributed by atoms with Gasteiger partial charge in [0.05, 0.1) is 0 Å². The third-order valence-corrected chi connectivity index (χ3v) is 4.91.